The van der Waals surface area contributed by atoms with E-state index in [1.54, 1.807) is 0 Å². The molecule has 2 fully saturated rings. The van der Waals surface area contributed by atoms with Gasteiger partial charge in [0.25, 0.3) is 0 Å². The fraction of sp³-hybridized carbons (Fsp3) is 0.941. The van der Waals surface area contributed by atoms with E-state index < -0.39 is 0 Å². The lowest BCUT2D eigenvalue weighted by Gasteiger charge is -2.39. The van der Waals surface area contributed by atoms with Gasteiger partial charge in [-0.25, -0.2) is 0 Å². The van der Waals surface area contributed by atoms with Gasteiger partial charge < -0.3 is 15.5 Å². The summed E-state index contributed by atoms with van der Waals surface area (Å²) < 4.78 is 0. The van der Waals surface area contributed by atoms with Gasteiger partial charge in [0.15, 0.2) is 5.96 Å². The van der Waals surface area contributed by atoms with Crippen molar-refractivity contribution in [2.75, 3.05) is 38.7 Å². The van der Waals surface area contributed by atoms with Crippen LogP contribution in [0.15, 0.2) is 4.99 Å². The third kappa shape index (κ3) is 7.82. The summed E-state index contributed by atoms with van der Waals surface area (Å²) in [5.74, 6) is 2.20. The van der Waals surface area contributed by atoms with Gasteiger partial charge >= 0.3 is 0 Å². The summed E-state index contributed by atoms with van der Waals surface area (Å²) in [4.78, 5) is 7.10. The van der Waals surface area contributed by atoms with Crippen LogP contribution in [0.3, 0.4) is 0 Å². The van der Waals surface area contributed by atoms with Crippen molar-refractivity contribution >= 4 is 41.7 Å². The van der Waals surface area contributed by atoms with Crippen molar-refractivity contribution in [3.8, 4) is 0 Å². The summed E-state index contributed by atoms with van der Waals surface area (Å²) >= 11 is 1.90. The Bertz CT molecular complexity index is 327. The van der Waals surface area contributed by atoms with Gasteiger partial charge in [-0.3, -0.25) is 4.99 Å². The molecule has 1 saturated heterocycles. The van der Waals surface area contributed by atoms with Crippen LogP contribution in [0.4, 0.5) is 0 Å². The first-order valence-corrected chi connectivity index (χ1v) is 10.4. The lowest BCUT2D eigenvalue weighted by Crippen LogP contribution is -2.51. The van der Waals surface area contributed by atoms with Crippen molar-refractivity contribution in [2.45, 2.75) is 63.5 Å². The molecular weight excluding hydrogens is 419 g/mol. The SMILES string of the molecule is CN=C(NCCCSC)NC1CCN(C2CCCCC2)CC1.I. The molecule has 2 rings (SSSR count). The van der Waals surface area contributed by atoms with Gasteiger partial charge in [0.2, 0.25) is 0 Å². The zero-order valence-corrected chi connectivity index (χ0v) is 18.0. The van der Waals surface area contributed by atoms with E-state index >= 15 is 0 Å². The minimum absolute atomic E-state index is 0. The van der Waals surface area contributed by atoms with Crippen LogP contribution in [0.2, 0.25) is 0 Å². The number of nitrogens with zero attached hydrogens (tertiary/aromatic N) is 2. The van der Waals surface area contributed by atoms with Crippen molar-refractivity contribution in [2.24, 2.45) is 4.99 Å². The first kappa shape index (κ1) is 21.4. The van der Waals surface area contributed by atoms with E-state index in [9.17, 15) is 0 Å². The maximum absolute atomic E-state index is 4.36. The highest BCUT2D eigenvalue weighted by Crippen LogP contribution is 2.25. The second kappa shape index (κ2) is 12.6. The van der Waals surface area contributed by atoms with E-state index in [0.29, 0.717) is 6.04 Å². The Morgan fingerprint density at radius 3 is 2.43 bits per heavy atom. The number of hydrogen-bond donors (Lipinski definition) is 2. The summed E-state index contributed by atoms with van der Waals surface area (Å²) in [5.41, 5.74) is 0. The maximum Gasteiger partial charge on any atom is 0.191 e. The van der Waals surface area contributed by atoms with Crippen LogP contribution in [-0.4, -0.2) is 61.6 Å². The highest BCUT2D eigenvalue weighted by atomic mass is 127. The quantitative estimate of drug-likeness (QED) is 0.280. The predicted molar refractivity (Wildman–Crippen MR) is 114 cm³/mol. The topological polar surface area (TPSA) is 39.7 Å². The molecule has 0 atom stereocenters. The summed E-state index contributed by atoms with van der Waals surface area (Å²) in [6, 6.07) is 1.46. The third-order valence-corrected chi connectivity index (χ3v) is 5.70. The standard InChI is InChI=1S/C17H34N4S.HI/c1-18-17(19-11-6-14-22-2)20-15-9-12-21(13-10-15)16-7-4-3-5-8-16;/h15-16H,3-14H2,1-2H3,(H2,18,19,20);1H. The number of aliphatic imine (C=N–C) groups is 1. The van der Waals surface area contributed by atoms with Gasteiger partial charge in [-0.2, -0.15) is 11.8 Å². The normalized spacial score (nSPS) is 21.7. The first-order chi connectivity index (χ1) is 10.8. The Morgan fingerprint density at radius 1 is 1.13 bits per heavy atom. The fourth-order valence-electron chi connectivity index (χ4n) is 3.67. The van der Waals surface area contributed by atoms with Crippen molar-refractivity contribution in [3.05, 3.63) is 0 Å². The molecule has 136 valence electrons. The molecule has 1 heterocycles. The van der Waals surface area contributed by atoms with E-state index in [4.69, 9.17) is 0 Å². The maximum atomic E-state index is 4.36. The Labute approximate surface area is 164 Å². The molecule has 23 heavy (non-hydrogen) atoms. The minimum Gasteiger partial charge on any atom is -0.356 e. The molecule has 0 amide bonds. The van der Waals surface area contributed by atoms with Gasteiger partial charge in [0, 0.05) is 38.8 Å². The molecule has 0 unspecified atom stereocenters. The number of piperidine rings is 1. The molecule has 0 aromatic carbocycles. The molecule has 0 spiro atoms. The number of likely N-dealkylation sites (tertiary alicyclic amines) is 1. The van der Waals surface area contributed by atoms with Crippen LogP contribution in [-0.2, 0) is 0 Å². The highest BCUT2D eigenvalue weighted by Gasteiger charge is 2.26. The molecule has 1 aliphatic heterocycles. The molecule has 6 heteroatoms. The van der Waals surface area contributed by atoms with Crippen LogP contribution >= 0.6 is 35.7 Å². The van der Waals surface area contributed by atoms with Gasteiger partial charge in [-0.15, -0.1) is 24.0 Å². The molecule has 0 radical (unpaired) electrons. The van der Waals surface area contributed by atoms with Crippen LogP contribution in [0.5, 0.6) is 0 Å². The summed E-state index contributed by atoms with van der Waals surface area (Å²) in [6.07, 6.45) is 13.0. The van der Waals surface area contributed by atoms with E-state index in [1.807, 2.05) is 18.8 Å². The van der Waals surface area contributed by atoms with Gasteiger partial charge in [-0.1, -0.05) is 19.3 Å². The van der Waals surface area contributed by atoms with E-state index in [1.165, 1.54) is 70.2 Å². The van der Waals surface area contributed by atoms with Crippen molar-refractivity contribution in [1.29, 1.82) is 0 Å². The molecule has 2 N–H and O–H groups in total. The fourth-order valence-corrected chi connectivity index (χ4v) is 4.10. The Morgan fingerprint density at radius 2 is 1.83 bits per heavy atom. The molecule has 2 aliphatic rings. The Hall–Kier alpha value is 0.310. The molecule has 1 saturated carbocycles. The Balaban J connectivity index is 0.00000264. The lowest BCUT2D eigenvalue weighted by molar-refractivity contribution is 0.119. The van der Waals surface area contributed by atoms with Gasteiger partial charge in [0.1, 0.15) is 0 Å². The number of nitrogens with one attached hydrogen (secondary N) is 2. The van der Waals surface area contributed by atoms with E-state index in [0.717, 1.165) is 18.5 Å². The van der Waals surface area contributed by atoms with Crippen LogP contribution < -0.4 is 10.6 Å². The van der Waals surface area contributed by atoms with E-state index in [-0.39, 0.29) is 24.0 Å². The van der Waals surface area contributed by atoms with Gasteiger partial charge in [0.05, 0.1) is 0 Å². The number of guanidine groups is 1. The largest absolute Gasteiger partial charge is 0.356 e. The number of rotatable bonds is 6. The molecular formula is C17H35IN4S. The molecule has 0 aromatic rings. The zero-order valence-electron chi connectivity index (χ0n) is 14.9. The summed E-state index contributed by atoms with van der Waals surface area (Å²) in [6.45, 7) is 3.53. The van der Waals surface area contributed by atoms with E-state index in [2.05, 4.69) is 26.8 Å². The van der Waals surface area contributed by atoms with Crippen molar-refractivity contribution in [3.63, 3.8) is 0 Å². The first-order valence-electron chi connectivity index (χ1n) is 9.03. The second-order valence-electron chi connectivity index (χ2n) is 6.59. The molecule has 4 nitrogen and oxygen atoms in total. The highest BCUT2D eigenvalue weighted by molar-refractivity contribution is 14.0. The molecule has 0 bridgehead atoms. The minimum atomic E-state index is 0. The van der Waals surface area contributed by atoms with Gasteiger partial charge in [-0.05, 0) is 44.1 Å². The zero-order chi connectivity index (χ0) is 15.6. The van der Waals surface area contributed by atoms with Crippen LogP contribution in [0.1, 0.15) is 51.4 Å². The monoisotopic (exact) mass is 454 g/mol. The number of hydrogen-bond acceptors (Lipinski definition) is 3. The summed E-state index contributed by atoms with van der Waals surface area (Å²) in [5, 5.41) is 7.05. The molecule has 1 aliphatic carbocycles. The number of halogens is 1. The van der Waals surface area contributed by atoms with Crippen LogP contribution in [0, 0.1) is 0 Å². The average molecular weight is 454 g/mol. The third-order valence-electron chi connectivity index (χ3n) is 5.00. The second-order valence-corrected chi connectivity index (χ2v) is 7.58. The summed E-state index contributed by atoms with van der Waals surface area (Å²) in [7, 11) is 1.88. The average Bonchev–Trinajstić information content (AvgIpc) is 2.59. The van der Waals surface area contributed by atoms with Crippen LogP contribution in [0.25, 0.3) is 0 Å². The van der Waals surface area contributed by atoms with Crippen molar-refractivity contribution < 1.29 is 0 Å². The molecule has 0 aromatic heterocycles. The Kier molecular flexibility index (Phi) is 11.7. The number of thioether (sulfide) groups is 1. The smallest absolute Gasteiger partial charge is 0.191 e. The van der Waals surface area contributed by atoms with Crippen molar-refractivity contribution in [1.82, 2.24) is 15.5 Å². The predicted octanol–water partition coefficient (Wildman–Crippen LogP) is 3.32. The lowest BCUT2D eigenvalue weighted by atomic mass is 9.92.